The number of amides is 2. The highest BCUT2D eigenvalue weighted by molar-refractivity contribution is 7.13. The maximum absolute atomic E-state index is 15.9. The highest BCUT2D eigenvalue weighted by Gasteiger charge is 2.39. The number of methoxy groups -OCH3 is 1. The third kappa shape index (κ3) is 11.6. The van der Waals surface area contributed by atoms with Crippen molar-refractivity contribution in [3.8, 4) is 39.3 Å². The van der Waals surface area contributed by atoms with Crippen molar-refractivity contribution in [1.82, 2.24) is 45.5 Å². The first kappa shape index (κ1) is 52.5. The van der Waals surface area contributed by atoms with Crippen molar-refractivity contribution in [3.63, 3.8) is 0 Å². The van der Waals surface area contributed by atoms with E-state index in [2.05, 4.69) is 71.5 Å². The minimum atomic E-state index is -0.564. The lowest BCUT2D eigenvalue weighted by Gasteiger charge is -2.34. The van der Waals surface area contributed by atoms with Crippen LogP contribution >= 0.6 is 22.9 Å². The average Bonchev–Trinajstić information content (AvgIpc) is 4.06. The Morgan fingerprint density at radius 3 is 2.47 bits per heavy atom. The number of carbonyl (C=O) groups excluding carboxylic acids is 2. The number of nitrogens with one attached hydrogen (secondary N) is 2. The molecule has 3 N–H and O–H groups in total. The topological polar surface area (TPSA) is 184 Å². The maximum Gasteiger partial charge on any atom is 0.318 e. The number of hydrogen-bond donors (Lipinski definition) is 3. The fourth-order valence-corrected chi connectivity index (χ4v) is 12.8. The molecule has 5 aliphatic heterocycles. The number of phenols is 1. The smallest absolute Gasteiger partial charge is 0.318 e. The van der Waals surface area contributed by atoms with Gasteiger partial charge in [0.15, 0.2) is 5.82 Å². The minimum Gasteiger partial charge on any atom is -0.508 e. The van der Waals surface area contributed by atoms with Crippen molar-refractivity contribution in [1.29, 1.82) is 0 Å². The molecule has 6 fully saturated rings. The number of anilines is 1. The first-order valence-electron chi connectivity index (χ1n) is 26.8. The minimum absolute atomic E-state index is 0.0204. The van der Waals surface area contributed by atoms with Gasteiger partial charge in [-0.2, -0.15) is 9.97 Å². The van der Waals surface area contributed by atoms with Gasteiger partial charge in [-0.05, 0) is 124 Å². The van der Waals surface area contributed by atoms with Gasteiger partial charge >= 0.3 is 6.01 Å². The second-order valence-corrected chi connectivity index (χ2v) is 22.1. The third-order valence-electron chi connectivity index (χ3n) is 15.4. The third-order valence-corrected chi connectivity index (χ3v) is 16.7. The van der Waals surface area contributed by atoms with E-state index in [1.165, 1.54) is 44.9 Å². The number of rotatable bonds is 13. The number of thiazole rings is 1. The number of aromatic hydroxyl groups is 1. The number of carbonyl (C=O) groups is 2. The molecule has 2 bridgehead atoms. The van der Waals surface area contributed by atoms with Crippen LogP contribution in [0.4, 0.5) is 10.2 Å². The number of hydrogen-bond acceptors (Lipinski definition) is 15. The van der Waals surface area contributed by atoms with Crippen LogP contribution < -0.4 is 25.0 Å². The molecule has 75 heavy (non-hydrogen) atoms. The largest absolute Gasteiger partial charge is 0.508 e. The fraction of sp³-hybridized carbons (Fsp3) is 0.518. The number of fused-ring (bicyclic) bond motifs is 4. The lowest BCUT2D eigenvalue weighted by Crippen LogP contribution is -2.51. The number of halogens is 2. The Morgan fingerprint density at radius 1 is 0.987 bits per heavy atom. The molecule has 4 aromatic heterocycles. The highest BCUT2D eigenvalue weighted by Crippen LogP contribution is 2.49. The summed E-state index contributed by atoms with van der Waals surface area (Å²) in [6, 6.07) is 14.4. The van der Waals surface area contributed by atoms with E-state index >= 15 is 4.39 Å². The van der Waals surface area contributed by atoms with Gasteiger partial charge in [-0.1, -0.05) is 56.1 Å². The van der Waals surface area contributed by atoms with E-state index in [1.54, 1.807) is 28.5 Å². The molecule has 1 saturated carbocycles. The van der Waals surface area contributed by atoms with E-state index in [4.69, 9.17) is 25.6 Å². The Hall–Kier alpha value is -5.95. The van der Waals surface area contributed by atoms with Gasteiger partial charge in [0.05, 0.1) is 41.0 Å². The van der Waals surface area contributed by atoms with Gasteiger partial charge in [0.2, 0.25) is 11.8 Å². The molecule has 19 heteroatoms. The van der Waals surface area contributed by atoms with Crippen molar-refractivity contribution in [2.24, 2.45) is 0 Å². The van der Waals surface area contributed by atoms with Crippen LogP contribution in [0.25, 0.3) is 32.6 Å². The predicted octanol–water partition coefficient (Wildman–Crippen LogP) is 9.96. The average molecular weight is 1060 g/mol. The number of ether oxygens (including phenoxy) is 2. The van der Waals surface area contributed by atoms with Crippen LogP contribution in [0, 0.1) is 12.7 Å². The van der Waals surface area contributed by atoms with Gasteiger partial charge in [-0.3, -0.25) is 19.5 Å². The molecular formula is C56H68ClFN10O6S. The summed E-state index contributed by atoms with van der Waals surface area (Å²) in [5.41, 5.74) is 6.63. The van der Waals surface area contributed by atoms with Gasteiger partial charge in [0.1, 0.15) is 41.2 Å². The highest BCUT2D eigenvalue weighted by atomic mass is 35.5. The summed E-state index contributed by atoms with van der Waals surface area (Å²) in [5.74, 6) is 0.931. The molecule has 6 unspecified atom stereocenters. The summed E-state index contributed by atoms with van der Waals surface area (Å²) in [7, 11) is 1.48. The van der Waals surface area contributed by atoms with Gasteiger partial charge in [-0.25, -0.2) is 9.37 Å². The first-order valence-corrected chi connectivity index (χ1v) is 28.0. The van der Waals surface area contributed by atoms with Crippen molar-refractivity contribution >= 4 is 51.5 Å². The molecule has 16 nitrogen and oxygen atoms in total. The maximum atomic E-state index is 15.9. The zero-order chi connectivity index (χ0) is 52.3. The van der Waals surface area contributed by atoms with Crippen LogP contribution in [-0.4, -0.2) is 122 Å². The number of piperazine rings is 1. The van der Waals surface area contributed by atoms with Crippen LogP contribution in [0.3, 0.4) is 0 Å². The molecule has 0 radical (unpaired) electrons. The van der Waals surface area contributed by atoms with E-state index in [-0.39, 0.29) is 53.2 Å². The summed E-state index contributed by atoms with van der Waals surface area (Å²) in [4.78, 5) is 51.7. The number of nitrogens with zero attached hydrogens (tertiary/aromatic N) is 8. The van der Waals surface area contributed by atoms with Crippen molar-refractivity contribution in [2.45, 2.75) is 147 Å². The number of aryl methyl sites for hydroxylation is 1. The molecule has 0 spiro atoms. The zero-order valence-corrected chi connectivity index (χ0v) is 45.1. The number of benzene rings is 2. The Labute approximate surface area is 446 Å². The summed E-state index contributed by atoms with van der Waals surface area (Å²) in [6.45, 7) is 12.1. The van der Waals surface area contributed by atoms with E-state index in [9.17, 15) is 14.7 Å². The van der Waals surface area contributed by atoms with Crippen LogP contribution in [0.1, 0.15) is 126 Å². The van der Waals surface area contributed by atoms with Crippen molar-refractivity contribution < 1.29 is 33.1 Å². The molecule has 6 aromatic rings. The van der Waals surface area contributed by atoms with Crippen molar-refractivity contribution in [3.05, 3.63) is 87.6 Å². The van der Waals surface area contributed by atoms with Crippen LogP contribution in [-0.2, 0) is 16.0 Å². The molecule has 2 aromatic carbocycles. The van der Waals surface area contributed by atoms with Gasteiger partial charge < -0.3 is 39.5 Å². The standard InChI is InChI=1S/C30H37N5O4S.C23H23ClFN5O2.C3H8/c1-19(21-7-9-22(10-8-21)29-20(2)31-18-40-29)32-30(37)26-6-4-14-35(26)28(36)16-25-15-27(33-39-25)38-17-24-12-11-23-5-3-13-34(23)24;1-32-23-28-21-16(22(29-23)30-9-12-4-5-13(10-30)27-12)8-26-20(19(21)25)15-6-14(31)7-17(24)18(15)11-2-3-11;1-3-2/h7-10,15,18-19,23-24,26H,3-6,11-14,16-17H2,1-2H3,(H,32,37);6-8,11-13,27,31H,2-5,9-10H2,1H3;3H2,1-2H3. The van der Waals surface area contributed by atoms with Crippen LogP contribution in [0.5, 0.6) is 17.6 Å². The molecule has 12 rings (SSSR count). The monoisotopic (exact) mass is 1060 g/mol. The molecule has 2 amide bonds. The Kier molecular flexibility index (Phi) is 16.2. The van der Waals surface area contributed by atoms with Crippen LogP contribution in [0.15, 0.2) is 58.7 Å². The molecule has 5 saturated heterocycles. The first-order chi connectivity index (χ1) is 36.4. The molecule has 1 aliphatic carbocycles. The Bertz CT molecular complexity index is 2980. The van der Waals surface area contributed by atoms with E-state index in [1.807, 2.05) is 31.5 Å². The predicted molar refractivity (Wildman–Crippen MR) is 288 cm³/mol. The zero-order valence-electron chi connectivity index (χ0n) is 43.5. The van der Waals surface area contributed by atoms with Crippen LogP contribution in [0.2, 0.25) is 5.02 Å². The normalized spacial score (nSPS) is 22.3. The number of likely N-dealkylation sites (tertiary alicyclic amines) is 1. The van der Waals surface area contributed by atoms with E-state index in [0.29, 0.717) is 77.2 Å². The van der Waals surface area contributed by atoms with Gasteiger partial charge in [0, 0.05) is 66.7 Å². The summed E-state index contributed by atoms with van der Waals surface area (Å²) in [5, 5.41) is 21.9. The van der Waals surface area contributed by atoms with E-state index in [0.717, 1.165) is 85.4 Å². The SMILES string of the molecule is CCC.COc1nc(N2CC3CCC(C2)N3)c2cnc(-c3cc(O)cc(Cl)c3C3CC3)c(F)c2n1.Cc1ncsc1-c1ccc(C(C)NC(=O)C2CCCN2C(=O)Cc2cc(OCC3CCC4CCCN43)no2)cc1. The van der Waals surface area contributed by atoms with Crippen molar-refractivity contribution in [2.75, 3.05) is 44.8 Å². The molecule has 9 heterocycles. The Balaban J connectivity index is 0.000000166. The molecule has 398 valence electrons. The molecular weight excluding hydrogens is 995 g/mol. The summed E-state index contributed by atoms with van der Waals surface area (Å²) >= 11 is 8.05. The lowest BCUT2D eigenvalue weighted by molar-refractivity contribution is -0.138. The van der Waals surface area contributed by atoms with Gasteiger partial charge in [0.25, 0.3) is 5.88 Å². The summed E-state index contributed by atoms with van der Waals surface area (Å²) in [6.07, 6.45) is 13.6. The van der Waals surface area contributed by atoms with E-state index < -0.39 is 11.9 Å². The number of aromatic nitrogens is 5. The molecule has 6 aliphatic rings. The summed E-state index contributed by atoms with van der Waals surface area (Å²) < 4.78 is 32.6. The fourth-order valence-electron chi connectivity index (χ4n) is 11.6. The second-order valence-electron chi connectivity index (χ2n) is 20.9. The van der Waals surface area contributed by atoms with Gasteiger partial charge in [-0.15, -0.1) is 11.3 Å². The lowest BCUT2D eigenvalue weighted by atomic mass is 9.98. The Morgan fingerprint density at radius 2 is 1.75 bits per heavy atom. The quantitative estimate of drug-likeness (QED) is 0.0993. The molecule has 6 atom stereocenters. The number of pyridine rings is 1. The number of phenolic OH excluding ortho intramolecular Hbond substituents is 1. The second kappa shape index (κ2) is 23.1.